The second-order valence-electron chi connectivity index (χ2n) is 10.4. The van der Waals surface area contributed by atoms with E-state index in [1.807, 2.05) is 23.8 Å². The smallest absolute Gasteiger partial charge is 0.264 e. The largest absolute Gasteiger partial charge is 0.391 e. The van der Waals surface area contributed by atoms with E-state index in [9.17, 15) is 32.3 Å². The molecule has 0 radical (unpaired) electrons. The monoisotopic (exact) mass is 571 g/mol. The number of aliphatic hydroxyl groups is 1. The summed E-state index contributed by atoms with van der Waals surface area (Å²) in [6.45, 7) is 1.37. The predicted octanol–water partition coefficient (Wildman–Crippen LogP) is 1.21. The van der Waals surface area contributed by atoms with Gasteiger partial charge in [-0.15, -0.1) is 0 Å². The molecule has 3 atom stereocenters. The number of halogens is 1. The molecular weight excluding hydrogens is 541 g/mol. The Labute approximate surface area is 230 Å². The van der Waals surface area contributed by atoms with Crippen molar-refractivity contribution in [2.24, 2.45) is 5.73 Å². The van der Waals surface area contributed by atoms with Gasteiger partial charge in [-0.1, -0.05) is 6.07 Å². The minimum Gasteiger partial charge on any atom is -0.391 e. The number of likely N-dealkylation sites (tertiary alicyclic amines) is 1. The third kappa shape index (κ3) is 5.70. The lowest BCUT2D eigenvalue weighted by Crippen LogP contribution is -2.45. The zero-order chi connectivity index (χ0) is 28.8. The highest BCUT2D eigenvalue weighted by Crippen LogP contribution is 2.29. The van der Waals surface area contributed by atoms with Gasteiger partial charge in [0.2, 0.25) is 15.9 Å². The van der Waals surface area contributed by atoms with Crippen LogP contribution < -0.4 is 10.5 Å². The number of carbonyl (C=O) groups is 3. The Hall–Kier alpha value is -3.84. The molecule has 212 valence electrons. The number of fused-ring (bicyclic) bond motifs is 1. The van der Waals surface area contributed by atoms with Gasteiger partial charge in [0, 0.05) is 46.9 Å². The number of nitrogens with zero attached hydrogens (tertiary/aromatic N) is 3. The number of aliphatic hydroxyl groups excluding tert-OH is 1. The summed E-state index contributed by atoms with van der Waals surface area (Å²) in [5, 5.41) is 10.6. The van der Waals surface area contributed by atoms with Gasteiger partial charge in [0.05, 0.1) is 29.5 Å². The second-order valence-corrected chi connectivity index (χ2v) is 12.4. The van der Waals surface area contributed by atoms with E-state index in [0.29, 0.717) is 24.1 Å². The number of pyridine rings is 1. The molecule has 0 unspecified atom stereocenters. The minimum atomic E-state index is -3.78. The average molecular weight is 572 g/mol. The van der Waals surface area contributed by atoms with Crippen LogP contribution in [0.25, 0.3) is 10.9 Å². The molecule has 1 saturated heterocycles. The van der Waals surface area contributed by atoms with Gasteiger partial charge in [0.15, 0.2) is 0 Å². The molecule has 2 aliphatic rings. The lowest BCUT2D eigenvalue weighted by atomic mass is 10.0. The average Bonchev–Trinajstić information content (AvgIpc) is 3.60. The zero-order valence-corrected chi connectivity index (χ0v) is 22.6. The van der Waals surface area contributed by atoms with Gasteiger partial charge in [-0.05, 0) is 50.1 Å². The number of primary amides is 1. The number of carbonyl (C=O) groups excluding carboxylic acids is 3. The summed E-state index contributed by atoms with van der Waals surface area (Å²) in [6.07, 6.45) is 0.163. The molecule has 0 bridgehead atoms. The molecule has 0 spiro atoms. The van der Waals surface area contributed by atoms with Gasteiger partial charge in [0.25, 0.3) is 11.8 Å². The van der Waals surface area contributed by atoms with Crippen molar-refractivity contribution in [2.75, 3.05) is 6.54 Å². The van der Waals surface area contributed by atoms with Crippen molar-refractivity contribution in [3.05, 3.63) is 65.1 Å². The number of aryl methyl sites for hydroxylation is 1. The first kappa shape index (κ1) is 27.7. The number of amides is 3. The number of nitrogens with one attached hydrogen (secondary N) is 1. The van der Waals surface area contributed by atoms with E-state index in [0.717, 1.165) is 5.69 Å². The molecule has 1 aliphatic heterocycles. The number of aromatic nitrogens is 2. The molecular formula is C27H30FN5O6S. The number of hydrogen-bond donors (Lipinski definition) is 3. The van der Waals surface area contributed by atoms with Gasteiger partial charge >= 0.3 is 0 Å². The Morgan fingerprint density at radius 2 is 1.98 bits per heavy atom. The molecule has 40 heavy (non-hydrogen) atoms. The van der Waals surface area contributed by atoms with Crippen LogP contribution in [-0.4, -0.2) is 75.8 Å². The van der Waals surface area contributed by atoms with Crippen LogP contribution in [0.1, 0.15) is 51.4 Å². The third-order valence-electron chi connectivity index (χ3n) is 7.33. The number of rotatable bonds is 9. The second kappa shape index (κ2) is 10.6. The van der Waals surface area contributed by atoms with Gasteiger partial charge in [-0.25, -0.2) is 17.5 Å². The summed E-state index contributed by atoms with van der Waals surface area (Å²) >= 11 is 0. The van der Waals surface area contributed by atoms with E-state index >= 15 is 0 Å². The van der Waals surface area contributed by atoms with E-state index in [2.05, 4.69) is 4.98 Å². The molecule has 1 aliphatic carbocycles. The quantitative estimate of drug-likeness (QED) is 0.347. The molecule has 3 heterocycles. The fourth-order valence-electron chi connectivity index (χ4n) is 5.18. The number of nitrogens with two attached hydrogens (primary N) is 1. The first-order valence-corrected chi connectivity index (χ1v) is 14.5. The Morgan fingerprint density at radius 3 is 2.65 bits per heavy atom. The highest BCUT2D eigenvalue weighted by atomic mass is 32.2. The number of sulfonamides is 1. The molecule has 3 aromatic rings. The van der Waals surface area contributed by atoms with E-state index in [4.69, 9.17) is 5.73 Å². The fraction of sp³-hybridized carbons (Fsp3) is 0.407. The molecule has 2 aromatic heterocycles. The third-order valence-corrected chi connectivity index (χ3v) is 9.15. The SMILES string of the molecule is Cc1cccc(C[C@H](O)[C@@H]2C[C@@H](F)CN2C(=O)Cn2cc(C(N)=O)c3cc(C(=O)NS(=O)(=O)C4CC4)ccc32)n1. The van der Waals surface area contributed by atoms with Crippen LogP contribution in [0.15, 0.2) is 42.6 Å². The predicted molar refractivity (Wildman–Crippen MR) is 144 cm³/mol. The van der Waals surface area contributed by atoms with Crippen LogP contribution in [0.4, 0.5) is 4.39 Å². The molecule has 5 rings (SSSR count). The summed E-state index contributed by atoms with van der Waals surface area (Å²) in [5.41, 5.74) is 7.42. The Bertz CT molecular complexity index is 1600. The first-order chi connectivity index (χ1) is 18.9. The van der Waals surface area contributed by atoms with E-state index in [1.165, 1.54) is 33.9 Å². The standard InChI is InChI=1S/C27H30FN5O6S/c1-15-3-2-4-18(30-15)11-24(34)23-10-17(28)12-33(23)25(35)14-32-13-21(26(29)36)20-9-16(5-8-22(20)32)27(37)31-40(38,39)19-6-7-19/h2-5,8-9,13,17,19,23-24,34H,6-7,10-12,14H2,1H3,(H2,29,36)(H,31,37)/t17-,23+,24+/m1/s1. The molecule has 11 nitrogen and oxygen atoms in total. The minimum absolute atomic E-state index is 0.0102. The van der Waals surface area contributed by atoms with Crippen molar-refractivity contribution in [3.63, 3.8) is 0 Å². The highest BCUT2D eigenvalue weighted by molar-refractivity contribution is 7.91. The Kier molecular flexibility index (Phi) is 7.36. The molecule has 1 saturated carbocycles. The summed E-state index contributed by atoms with van der Waals surface area (Å²) in [5.74, 6) is -2.10. The lowest BCUT2D eigenvalue weighted by molar-refractivity contribution is -0.134. The van der Waals surface area contributed by atoms with Crippen LogP contribution in [0.3, 0.4) is 0 Å². The maximum absolute atomic E-state index is 14.5. The van der Waals surface area contributed by atoms with Crippen LogP contribution in [-0.2, 0) is 27.8 Å². The van der Waals surface area contributed by atoms with Crippen LogP contribution in [0.2, 0.25) is 0 Å². The van der Waals surface area contributed by atoms with Crippen molar-refractivity contribution >= 4 is 38.6 Å². The van der Waals surface area contributed by atoms with Gasteiger partial charge in [-0.2, -0.15) is 0 Å². The summed E-state index contributed by atoms with van der Waals surface area (Å²) in [7, 11) is -3.78. The van der Waals surface area contributed by atoms with Crippen molar-refractivity contribution in [3.8, 4) is 0 Å². The van der Waals surface area contributed by atoms with E-state index < -0.39 is 51.3 Å². The van der Waals surface area contributed by atoms with Crippen LogP contribution in [0.5, 0.6) is 0 Å². The highest BCUT2D eigenvalue weighted by Gasteiger charge is 2.40. The fourth-order valence-corrected chi connectivity index (χ4v) is 6.48. The van der Waals surface area contributed by atoms with Crippen LogP contribution in [0, 0.1) is 6.92 Å². The first-order valence-electron chi connectivity index (χ1n) is 13.0. The topological polar surface area (TPSA) is 165 Å². The molecule has 13 heteroatoms. The Morgan fingerprint density at radius 1 is 1.23 bits per heavy atom. The maximum Gasteiger partial charge on any atom is 0.264 e. The van der Waals surface area contributed by atoms with Crippen molar-refractivity contribution < 1.29 is 32.3 Å². The summed E-state index contributed by atoms with van der Waals surface area (Å²) < 4.78 is 42.4. The van der Waals surface area contributed by atoms with Crippen molar-refractivity contribution in [2.45, 2.75) is 62.7 Å². The van der Waals surface area contributed by atoms with Gasteiger partial charge in [-0.3, -0.25) is 19.4 Å². The molecule has 4 N–H and O–H groups in total. The normalized spacial score (nSPS) is 20.0. The number of benzene rings is 1. The van der Waals surface area contributed by atoms with Crippen molar-refractivity contribution in [1.82, 2.24) is 19.2 Å². The Balaban J connectivity index is 1.37. The molecule has 2 fully saturated rings. The van der Waals surface area contributed by atoms with Crippen molar-refractivity contribution in [1.29, 1.82) is 0 Å². The van der Waals surface area contributed by atoms with E-state index in [-0.39, 0.29) is 42.4 Å². The lowest BCUT2D eigenvalue weighted by Gasteiger charge is -2.28. The zero-order valence-electron chi connectivity index (χ0n) is 21.8. The summed E-state index contributed by atoms with van der Waals surface area (Å²) in [6, 6.07) is 8.87. The van der Waals surface area contributed by atoms with Crippen LogP contribution >= 0.6 is 0 Å². The van der Waals surface area contributed by atoms with E-state index in [1.54, 1.807) is 6.07 Å². The number of alkyl halides is 1. The van der Waals surface area contributed by atoms with Gasteiger partial charge < -0.3 is 20.3 Å². The molecule has 3 amide bonds. The summed E-state index contributed by atoms with van der Waals surface area (Å²) in [4.78, 5) is 43.9. The van der Waals surface area contributed by atoms with Gasteiger partial charge in [0.1, 0.15) is 12.7 Å². The molecule has 1 aromatic carbocycles. The number of hydrogen-bond acceptors (Lipinski definition) is 7. The maximum atomic E-state index is 14.5.